The van der Waals surface area contributed by atoms with Gasteiger partial charge in [0.1, 0.15) is 5.75 Å². The molecule has 1 aromatic carbocycles. The van der Waals surface area contributed by atoms with Crippen molar-refractivity contribution in [3.05, 3.63) is 29.3 Å². The first kappa shape index (κ1) is 19.0. The maximum atomic E-state index is 11.9. The number of halogens is 2. The molecule has 0 fully saturated rings. The Bertz CT molecular complexity index is 403. The number of carbonyl (C=O) groups excluding carboxylic acids is 1. The molecule has 0 aliphatic heterocycles. The van der Waals surface area contributed by atoms with Crippen LogP contribution in [0.2, 0.25) is 5.02 Å². The van der Waals surface area contributed by atoms with E-state index in [2.05, 4.69) is 5.32 Å². The fourth-order valence-electron chi connectivity index (χ4n) is 1.61. The molecule has 1 atom stereocenters. The zero-order chi connectivity index (χ0) is 14.1. The Balaban J connectivity index is 0.00000361. The number of amides is 1. The molecule has 1 rings (SSSR count). The minimum Gasteiger partial charge on any atom is -0.479 e. The van der Waals surface area contributed by atoms with Crippen LogP contribution in [0.1, 0.15) is 26.2 Å². The standard InChI is InChI=1S/C14H21ClN2O2.ClH/c1-2-12(14(18)17-10-6-5-9-16)19-13-8-4-3-7-11(13)15;/h3-4,7-8,12H,2,5-6,9-10,16H2,1H3,(H,17,18);1H. The average Bonchev–Trinajstić information content (AvgIpc) is 2.42. The van der Waals surface area contributed by atoms with Gasteiger partial charge in [0.2, 0.25) is 0 Å². The predicted octanol–water partition coefficient (Wildman–Crippen LogP) is 2.77. The lowest BCUT2D eigenvalue weighted by Crippen LogP contribution is -2.38. The maximum Gasteiger partial charge on any atom is 0.261 e. The second-order valence-electron chi connectivity index (χ2n) is 4.23. The lowest BCUT2D eigenvalue weighted by molar-refractivity contribution is -0.128. The van der Waals surface area contributed by atoms with Gasteiger partial charge in [-0.05, 0) is 37.9 Å². The van der Waals surface area contributed by atoms with Crippen LogP contribution in [0.4, 0.5) is 0 Å². The Morgan fingerprint density at radius 2 is 2.10 bits per heavy atom. The van der Waals surface area contributed by atoms with Crippen molar-refractivity contribution in [1.29, 1.82) is 0 Å². The molecule has 4 nitrogen and oxygen atoms in total. The highest BCUT2D eigenvalue weighted by Crippen LogP contribution is 2.24. The van der Waals surface area contributed by atoms with Crippen LogP contribution in [-0.2, 0) is 4.79 Å². The second kappa shape index (κ2) is 10.8. The lowest BCUT2D eigenvalue weighted by Gasteiger charge is -2.18. The topological polar surface area (TPSA) is 64.3 Å². The summed E-state index contributed by atoms with van der Waals surface area (Å²) in [5, 5.41) is 3.36. The third-order valence-corrected chi connectivity index (χ3v) is 3.01. The van der Waals surface area contributed by atoms with E-state index < -0.39 is 6.10 Å². The zero-order valence-electron chi connectivity index (χ0n) is 11.6. The number of hydrogen-bond donors (Lipinski definition) is 2. The first-order valence-electron chi connectivity index (χ1n) is 6.58. The summed E-state index contributed by atoms with van der Waals surface area (Å²) in [6, 6.07) is 7.14. The Labute approximate surface area is 131 Å². The van der Waals surface area contributed by atoms with E-state index in [-0.39, 0.29) is 18.3 Å². The number of hydrogen-bond acceptors (Lipinski definition) is 3. The molecule has 1 unspecified atom stereocenters. The van der Waals surface area contributed by atoms with Gasteiger partial charge in [0, 0.05) is 6.54 Å². The van der Waals surface area contributed by atoms with E-state index in [4.69, 9.17) is 22.1 Å². The summed E-state index contributed by atoms with van der Waals surface area (Å²) < 4.78 is 5.64. The van der Waals surface area contributed by atoms with Crippen LogP contribution in [-0.4, -0.2) is 25.1 Å². The Morgan fingerprint density at radius 1 is 1.40 bits per heavy atom. The van der Waals surface area contributed by atoms with Crippen molar-refractivity contribution in [2.45, 2.75) is 32.3 Å². The molecular weight excluding hydrogens is 299 g/mol. The van der Waals surface area contributed by atoms with Gasteiger partial charge < -0.3 is 15.8 Å². The van der Waals surface area contributed by atoms with E-state index in [1.165, 1.54) is 0 Å². The summed E-state index contributed by atoms with van der Waals surface area (Å²) in [4.78, 5) is 11.9. The van der Waals surface area contributed by atoms with Gasteiger partial charge in [-0.3, -0.25) is 4.79 Å². The number of nitrogens with two attached hydrogens (primary N) is 1. The molecule has 0 aliphatic rings. The van der Waals surface area contributed by atoms with Crippen molar-refractivity contribution in [3.63, 3.8) is 0 Å². The van der Waals surface area contributed by atoms with Gasteiger partial charge in [-0.15, -0.1) is 12.4 Å². The summed E-state index contributed by atoms with van der Waals surface area (Å²) in [6.45, 7) is 3.17. The summed E-state index contributed by atoms with van der Waals surface area (Å²) in [5.74, 6) is 0.424. The molecule has 0 spiro atoms. The van der Waals surface area contributed by atoms with E-state index in [1.54, 1.807) is 12.1 Å². The fourth-order valence-corrected chi connectivity index (χ4v) is 1.79. The summed E-state index contributed by atoms with van der Waals surface area (Å²) in [6.07, 6.45) is 1.86. The molecule has 0 radical (unpaired) electrons. The van der Waals surface area contributed by atoms with E-state index >= 15 is 0 Å². The Kier molecular flexibility index (Phi) is 10.3. The van der Waals surface area contributed by atoms with Crippen molar-refractivity contribution < 1.29 is 9.53 Å². The van der Waals surface area contributed by atoms with Crippen LogP contribution in [0.5, 0.6) is 5.75 Å². The van der Waals surface area contributed by atoms with Gasteiger partial charge in [-0.25, -0.2) is 0 Å². The SMILES string of the molecule is CCC(Oc1ccccc1Cl)C(=O)NCCCCN.Cl. The molecule has 3 N–H and O–H groups in total. The molecule has 0 saturated heterocycles. The van der Waals surface area contributed by atoms with Crippen LogP contribution in [0.15, 0.2) is 24.3 Å². The van der Waals surface area contributed by atoms with E-state index in [0.29, 0.717) is 30.3 Å². The lowest BCUT2D eigenvalue weighted by atomic mass is 10.2. The van der Waals surface area contributed by atoms with Gasteiger partial charge in [0.25, 0.3) is 5.91 Å². The van der Waals surface area contributed by atoms with Gasteiger partial charge in [-0.2, -0.15) is 0 Å². The first-order valence-corrected chi connectivity index (χ1v) is 6.95. The van der Waals surface area contributed by atoms with Crippen molar-refractivity contribution >= 4 is 29.9 Å². The fraction of sp³-hybridized carbons (Fsp3) is 0.500. The predicted molar refractivity (Wildman–Crippen MR) is 84.7 cm³/mol. The molecule has 0 bridgehead atoms. The molecule has 114 valence electrons. The van der Waals surface area contributed by atoms with Crippen LogP contribution >= 0.6 is 24.0 Å². The highest BCUT2D eigenvalue weighted by molar-refractivity contribution is 6.32. The summed E-state index contributed by atoms with van der Waals surface area (Å²) in [5.41, 5.74) is 5.40. The molecule has 0 saturated carbocycles. The van der Waals surface area contributed by atoms with E-state index in [0.717, 1.165) is 12.8 Å². The van der Waals surface area contributed by atoms with Crippen LogP contribution < -0.4 is 15.8 Å². The zero-order valence-corrected chi connectivity index (χ0v) is 13.2. The Hall–Kier alpha value is -0.970. The third-order valence-electron chi connectivity index (χ3n) is 2.70. The van der Waals surface area contributed by atoms with Crippen molar-refractivity contribution in [3.8, 4) is 5.75 Å². The van der Waals surface area contributed by atoms with Crippen molar-refractivity contribution in [2.24, 2.45) is 5.73 Å². The molecule has 0 aliphatic carbocycles. The number of para-hydroxylation sites is 1. The largest absolute Gasteiger partial charge is 0.479 e. The van der Waals surface area contributed by atoms with Gasteiger partial charge in [0.15, 0.2) is 6.10 Å². The molecule has 20 heavy (non-hydrogen) atoms. The van der Waals surface area contributed by atoms with E-state index in [1.807, 2.05) is 19.1 Å². The monoisotopic (exact) mass is 320 g/mol. The summed E-state index contributed by atoms with van der Waals surface area (Å²) in [7, 11) is 0. The number of unbranched alkanes of at least 4 members (excludes halogenated alkanes) is 1. The van der Waals surface area contributed by atoms with E-state index in [9.17, 15) is 4.79 Å². The molecule has 1 amide bonds. The normalized spacial score (nSPS) is 11.3. The third kappa shape index (κ3) is 6.46. The number of benzene rings is 1. The number of carbonyl (C=O) groups is 1. The van der Waals surface area contributed by atoms with Crippen LogP contribution in [0.25, 0.3) is 0 Å². The molecule has 6 heteroatoms. The molecular formula is C14H22Cl2N2O2. The number of rotatable bonds is 8. The van der Waals surface area contributed by atoms with Crippen molar-refractivity contribution in [1.82, 2.24) is 5.32 Å². The average molecular weight is 321 g/mol. The molecule has 0 heterocycles. The molecule has 0 aromatic heterocycles. The highest BCUT2D eigenvalue weighted by atomic mass is 35.5. The van der Waals surface area contributed by atoms with Crippen LogP contribution in [0, 0.1) is 0 Å². The number of ether oxygens (including phenoxy) is 1. The van der Waals surface area contributed by atoms with Gasteiger partial charge in [0.05, 0.1) is 5.02 Å². The number of nitrogens with one attached hydrogen (secondary N) is 1. The highest BCUT2D eigenvalue weighted by Gasteiger charge is 2.18. The van der Waals surface area contributed by atoms with Gasteiger partial charge >= 0.3 is 0 Å². The summed E-state index contributed by atoms with van der Waals surface area (Å²) >= 11 is 6.00. The maximum absolute atomic E-state index is 11.9. The van der Waals surface area contributed by atoms with Gasteiger partial charge in [-0.1, -0.05) is 30.7 Å². The second-order valence-corrected chi connectivity index (χ2v) is 4.64. The smallest absolute Gasteiger partial charge is 0.261 e. The minimum absolute atomic E-state index is 0. The van der Waals surface area contributed by atoms with Crippen LogP contribution in [0.3, 0.4) is 0 Å². The molecule has 1 aromatic rings. The first-order chi connectivity index (χ1) is 9.19. The Morgan fingerprint density at radius 3 is 2.70 bits per heavy atom. The van der Waals surface area contributed by atoms with Crippen molar-refractivity contribution in [2.75, 3.05) is 13.1 Å². The minimum atomic E-state index is -0.516. The quantitative estimate of drug-likeness (QED) is 0.724.